The summed E-state index contributed by atoms with van der Waals surface area (Å²) in [6.07, 6.45) is 0. The van der Waals surface area contributed by atoms with Crippen LogP contribution in [0.4, 0.5) is 5.69 Å². The van der Waals surface area contributed by atoms with E-state index in [9.17, 15) is 8.42 Å². The molecule has 0 saturated carbocycles. The SMILES string of the molecule is Cc1cc(C)c(NS(=O)(=O)c2ccc(C)c(C)c2)c(Br)c1. The van der Waals surface area contributed by atoms with E-state index in [4.69, 9.17) is 0 Å². The van der Waals surface area contributed by atoms with Crippen molar-refractivity contribution in [2.45, 2.75) is 32.6 Å². The first-order valence-electron chi connectivity index (χ1n) is 6.57. The Morgan fingerprint density at radius 1 is 0.905 bits per heavy atom. The smallest absolute Gasteiger partial charge is 0.261 e. The molecular weight excluding hydrogens is 350 g/mol. The fourth-order valence-corrected chi connectivity index (χ4v) is 4.26. The third kappa shape index (κ3) is 3.47. The summed E-state index contributed by atoms with van der Waals surface area (Å²) in [6, 6.07) is 8.98. The van der Waals surface area contributed by atoms with Gasteiger partial charge in [-0.25, -0.2) is 8.42 Å². The largest absolute Gasteiger partial charge is 0.278 e. The minimum Gasteiger partial charge on any atom is -0.278 e. The van der Waals surface area contributed by atoms with E-state index in [-0.39, 0.29) is 4.90 Å². The highest BCUT2D eigenvalue weighted by molar-refractivity contribution is 9.10. The van der Waals surface area contributed by atoms with E-state index < -0.39 is 10.0 Å². The van der Waals surface area contributed by atoms with Gasteiger partial charge in [-0.15, -0.1) is 0 Å². The van der Waals surface area contributed by atoms with Crippen molar-refractivity contribution in [3.05, 3.63) is 57.1 Å². The van der Waals surface area contributed by atoms with Gasteiger partial charge in [-0.3, -0.25) is 4.72 Å². The molecule has 0 heterocycles. The summed E-state index contributed by atoms with van der Waals surface area (Å²) in [5, 5.41) is 0. The number of anilines is 1. The number of halogens is 1. The summed E-state index contributed by atoms with van der Waals surface area (Å²) in [7, 11) is -3.59. The zero-order valence-corrected chi connectivity index (χ0v) is 14.9. The number of sulfonamides is 1. The van der Waals surface area contributed by atoms with Gasteiger partial charge in [0.15, 0.2) is 0 Å². The molecule has 5 heteroatoms. The molecule has 0 amide bonds. The lowest BCUT2D eigenvalue weighted by molar-refractivity contribution is 0.601. The Morgan fingerprint density at radius 3 is 2.14 bits per heavy atom. The standard InChI is InChI=1S/C16H18BrNO2S/c1-10-7-13(4)16(15(17)8-10)18-21(19,20)14-6-5-11(2)12(3)9-14/h5-9,18H,1-4H3. The Hall–Kier alpha value is -1.33. The third-order valence-corrected chi connectivity index (χ3v) is 5.43. The molecule has 0 aliphatic heterocycles. The van der Waals surface area contributed by atoms with E-state index in [0.29, 0.717) is 5.69 Å². The van der Waals surface area contributed by atoms with Crippen molar-refractivity contribution in [2.24, 2.45) is 0 Å². The van der Waals surface area contributed by atoms with Crippen LogP contribution in [-0.4, -0.2) is 8.42 Å². The van der Waals surface area contributed by atoms with Crippen molar-refractivity contribution in [1.29, 1.82) is 0 Å². The molecule has 2 aromatic carbocycles. The number of hydrogen-bond donors (Lipinski definition) is 1. The molecule has 2 aromatic rings. The Kier molecular flexibility index (Phi) is 4.44. The second-order valence-corrected chi connectivity index (χ2v) is 7.83. The maximum Gasteiger partial charge on any atom is 0.261 e. The van der Waals surface area contributed by atoms with Gasteiger partial charge in [0.05, 0.1) is 10.6 Å². The van der Waals surface area contributed by atoms with Crippen LogP contribution in [0.1, 0.15) is 22.3 Å². The van der Waals surface area contributed by atoms with E-state index in [0.717, 1.165) is 26.7 Å². The lowest BCUT2D eigenvalue weighted by atomic mass is 10.1. The van der Waals surface area contributed by atoms with Crippen LogP contribution in [0.25, 0.3) is 0 Å². The molecule has 0 aromatic heterocycles. The minimum absolute atomic E-state index is 0.275. The lowest BCUT2D eigenvalue weighted by Gasteiger charge is -2.14. The molecule has 0 saturated heterocycles. The van der Waals surface area contributed by atoms with Gasteiger partial charge in [0.1, 0.15) is 0 Å². The average molecular weight is 368 g/mol. The van der Waals surface area contributed by atoms with Crippen molar-refractivity contribution >= 4 is 31.6 Å². The van der Waals surface area contributed by atoms with Crippen molar-refractivity contribution in [3.63, 3.8) is 0 Å². The van der Waals surface area contributed by atoms with E-state index in [1.165, 1.54) is 0 Å². The minimum atomic E-state index is -3.59. The third-order valence-electron chi connectivity index (χ3n) is 3.46. The first kappa shape index (κ1) is 16.0. The highest BCUT2D eigenvalue weighted by Gasteiger charge is 2.17. The van der Waals surface area contributed by atoms with Crippen molar-refractivity contribution in [3.8, 4) is 0 Å². The molecule has 0 aliphatic rings. The highest BCUT2D eigenvalue weighted by Crippen LogP contribution is 2.30. The highest BCUT2D eigenvalue weighted by atomic mass is 79.9. The van der Waals surface area contributed by atoms with E-state index in [2.05, 4.69) is 20.7 Å². The van der Waals surface area contributed by atoms with Gasteiger partial charge in [-0.2, -0.15) is 0 Å². The maximum atomic E-state index is 12.5. The number of rotatable bonds is 3. The number of aryl methyl sites for hydroxylation is 4. The second-order valence-electron chi connectivity index (χ2n) is 5.29. The fourth-order valence-electron chi connectivity index (χ4n) is 2.12. The molecule has 3 nitrogen and oxygen atoms in total. The molecule has 112 valence electrons. The molecule has 0 unspecified atom stereocenters. The quantitative estimate of drug-likeness (QED) is 0.868. The van der Waals surface area contributed by atoms with E-state index in [1.54, 1.807) is 12.1 Å². The summed E-state index contributed by atoms with van der Waals surface area (Å²) < 4.78 is 28.5. The van der Waals surface area contributed by atoms with Crippen LogP contribution >= 0.6 is 15.9 Å². The first-order chi connectivity index (χ1) is 9.70. The monoisotopic (exact) mass is 367 g/mol. The van der Waals surface area contributed by atoms with Gasteiger partial charge >= 0.3 is 0 Å². The Labute approximate surface area is 134 Å². The summed E-state index contributed by atoms with van der Waals surface area (Å²) in [4.78, 5) is 0.275. The molecular formula is C16H18BrNO2S. The van der Waals surface area contributed by atoms with Crippen LogP contribution in [0.5, 0.6) is 0 Å². The van der Waals surface area contributed by atoms with Crippen molar-refractivity contribution in [2.75, 3.05) is 4.72 Å². The molecule has 0 aliphatic carbocycles. The summed E-state index contributed by atoms with van der Waals surface area (Å²) in [5.41, 5.74) is 4.57. The summed E-state index contributed by atoms with van der Waals surface area (Å²) in [6.45, 7) is 7.72. The number of nitrogens with one attached hydrogen (secondary N) is 1. The van der Waals surface area contributed by atoms with Gasteiger partial charge in [-0.1, -0.05) is 12.1 Å². The van der Waals surface area contributed by atoms with E-state index in [1.807, 2.05) is 45.9 Å². The zero-order chi connectivity index (χ0) is 15.8. The molecule has 0 spiro atoms. The zero-order valence-electron chi connectivity index (χ0n) is 12.5. The molecule has 0 radical (unpaired) electrons. The predicted molar refractivity (Wildman–Crippen MR) is 90.3 cm³/mol. The van der Waals surface area contributed by atoms with Crippen LogP contribution in [0.3, 0.4) is 0 Å². The van der Waals surface area contributed by atoms with Crippen LogP contribution in [-0.2, 0) is 10.0 Å². The Morgan fingerprint density at radius 2 is 1.57 bits per heavy atom. The summed E-state index contributed by atoms with van der Waals surface area (Å²) in [5.74, 6) is 0. The first-order valence-corrected chi connectivity index (χ1v) is 8.85. The molecule has 0 atom stereocenters. The average Bonchev–Trinajstić information content (AvgIpc) is 2.37. The van der Waals surface area contributed by atoms with Crippen LogP contribution < -0.4 is 4.72 Å². The lowest BCUT2D eigenvalue weighted by Crippen LogP contribution is -2.14. The maximum absolute atomic E-state index is 12.5. The normalized spacial score (nSPS) is 11.5. The number of benzene rings is 2. The van der Waals surface area contributed by atoms with Gasteiger partial charge in [0.25, 0.3) is 10.0 Å². The topological polar surface area (TPSA) is 46.2 Å². The molecule has 0 bridgehead atoms. The second kappa shape index (κ2) is 5.81. The summed E-state index contributed by atoms with van der Waals surface area (Å²) >= 11 is 3.42. The Balaban J connectivity index is 2.44. The van der Waals surface area contributed by atoms with Crippen LogP contribution in [0, 0.1) is 27.7 Å². The van der Waals surface area contributed by atoms with Crippen LogP contribution in [0.15, 0.2) is 39.7 Å². The predicted octanol–water partition coefficient (Wildman–Crippen LogP) is 4.48. The van der Waals surface area contributed by atoms with Gasteiger partial charge in [0.2, 0.25) is 0 Å². The molecule has 1 N–H and O–H groups in total. The Bertz CT molecular complexity index is 775. The number of hydrogen-bond acceptors (Lipinski definition) is 2. The fraction of sp³-hybridized carbons (Fsp3) is 0.250. The van der Waals surface area contributed by atoms with E-state index >= 15 is 0 Å². The van der Waals surface area contributed by atoms with Gasteiger partial charge < -0.3 is 0 Å². The molecule has 21 heavy (non-hydrogen) atoms. The van der Waals surface area contributed by atoms with Crippen LogP contribution in [0.2, 0.25) is 0 Å². The van der Waals surface area contributed by atoms with Crippen molar-refractivity contribution in [1.82, 2.24) is 0 Å². The molecule has 0 fully saturated rings. The van der Waals surface area contributed by atoms with Gasteiger partial charge in [0, 0.05) is 4.47 Å². The molecule has 2 rings (SSSR count). The van der Waals surface area contributed by atoms with Gasteiger partial charge in [-0.05, 0) is 84.1 Å². The van der Waals surface area contributed by atoms with Crippen molar-refractivity contribution < 1.29 is 8.42 Å².